The molecule has 1 N–H and O–H groups in total. The molecular formula is C15H20O. The lowest BCUT2D eigenvalue weighted by molar-refractivity contribution is 0.468. The second-order valence-corrected chi connectivity index (χ2v) is 4.98. The van der Waals surface area contributed by atoms with Gasteiger partial charge in [-0.15, -0.1) is 0 Å². The van der Waals surface area contributed by atoms with E-state index in [1.54, 1.807) is 0 Å². The topological polar surface area (TPSA) is 20.2 Å². The van der Waals surface area contributed by atoms with Crippen LogP contribution in [-0.4, -0.2) is 5.11 Å². The van der Waals surface area contributed by atoms with Crippen molar-refractivity contribution in [1.82, 2.24) is 0 Å². The Morgan fingerprint density at radius 2 is 2.00 bits per heavy atom. The monoisotopic (exact) mass is 216 g/mol. The molecule has 1 aliphatic carbocycles. The van der Waals surface area contributed by atoms with E-state index in [-0.39, 0.29) is 0 Å². The van der Waals surface area contributed by atoms with Crippen molar-refractivity contribution in [3.63, 3.8) is 0 Å². The van der Waals surface area contributed by atoms with Crippen LogP contribution in [-0.2, 0) is 19.3 Å². The van der Waals surface area contributed by atoms with Crippen LogP contribution in [0.5, 0.6) is 5.75 Å². The summed E-state index contributed by atoms with van der Waals surface area (Å²) in [5.74, 6) is 0.509. The zero-order valence-electron chi connectivity index (χ0n) is 10.4. The summed E-state index contributed by atoms with van der Waals surface area (Å²) in [4.78, 5) is 0. The second kappa shape index (κ2) is 4.32. The van der Waals surface area contributed by atoms with Gasteiger partial charge in [-0.2, -0.15) is 0 Å². The molecule has 0 radical (unpaired) electrons. The summed E-state index contributed by atoms with van der Waals surface area (Å²) in [6.07, 6.45) is 6.54. The Bertz CT molecular complexity index is 437. The van der Waals surface area contributed by atoms with E-state index in [0.29, 0.717) is 5.75 Å². The van der Waals surface area contributed by atoms with Gasteiger partial charge in [0.25, 0.3) is 0 Å². The average Bonchev–Trinajstić information content (AvgIpc) is 2.70. The summed E-state index contributed by atoms with van der Waals surface area (Å²) >= 11 is 0. The van der Waals surface area contributed by atoms with Crippen molar-refractivity contribution in [2.24, 2.45) is 0 Å². The van der Waals surface area contributed by atoms with Crippen LogP contribution in [0.1, 0.15) is 42.5 Å². The lowest BCUT2D eigenvalue weighted by Crippen LogP contribution is -1.95. The number of hydrogen-bond acceptors (Lipinski definition) is 1. The van der Waals surface area contributed by atoms with Crippen molar-refractivity contribution in [3.8, 4) is 5.75 Å². The number of aromatic hydroxyl groups is 1. The van der Waals surface area contributed by atoms with Gasteiger partial charge >= 0.3 is 0 Å². The molecule has 2 rings (SSSR count). The number of benzene rings is 1. The van der Waals surface area contributed by atoms with E-state index in [9.17, 15) is 5.11 Å². The van der Waals surface area contributed by atoms with Crippen LogP contribution in [0.25, 0.3) is 0 Å². The maximum Gasteiger partial charge on any atom is 0.119 e. The van der Waals surface area contributed by atoms with E-state index >= 15 is 0 Å². The lowest BCUT2D eigenvalue weighted by atomic mass is 9.95. The Hall–Kier alpha value is -1.24. The Morgan fingerprint density at radius 3 is 2.69 bits per heavy atom. The average molecular weight is 216 g/mol. The van der Waals surface area contributed by atoms with Gasteiger partial charge < -0.3 is 5.11 Å². The van der Waals surface area contributed by atoms with Crippen molar-refractivity contribution < 1.29 is 5.11 Å². The summed E-state index contributed by atoms with van der Waals surface area (Å²) in [5, 5.41) is 9.98. The van der Waals surface area contributed by atoms with Crippen molar-refractivity contribution >= 4 is 0 Å². The fourth-order valence-electron chi connectivity index (χ4n) is 2.52. The molecule has 1 nitrogen and oxygen atoms in total. The summed E-state index contributed by atoms with van der Waals surface area (Å²) in [6, 6.07) is 1.96. The van der Waals surface area contributed by atoms with Crippen LogP contribution in [0.4, 0.5) is 0 Å². The maximum atomic E-state index is 9.98. The molecule has 0 amide bonds. The summed E-state index contributed by atoms with van der Waals surface area (Å²) in [6.45, 7) is 6.42. The smallest absolute Gasteiger partial charge is 0.119 e. The minimum atomic E-state index is 0.509. The van der Waals surface area contributed by atoms with Crippen molar-refractivity contribution in [2.75, 3.05) is 0 Å². The highest BCUT2D eigenvalue weighted by atomic mass is 16.3. The molecule has 0 saturated heterocycles. The number of fused-ring (bicyclic) bond motifs is 1. The van der Waals surface area contributed by atoms with Gasteiger partial charge in [0.05, 0.1) is 0 Å². The van der Waals surface area contributed by atoms with Gasteiger partial charge in [0.1, 0.15) is 5.75 Å². The SMILES string of the molecule is CC(C)=CCc1cc(O)c2c(c1C)CCC2. The minimum Gasteiger partial charge on any atom is -0.508 e. The highest BCUT2D eigenvalue weighted by molar-refractivity contribution is 5.51. The van der Waals surface area contributed by atoms with E-state index in [4.69, 9.17) is 0 Å². The first-order chi connectivity index (χ1) is 7.59. The third-order valence-corrected chi connectivity index (χ3v) is 3.50. The first kappa shape index (κ1) is 11.3. The molecule has 1 heteroatoms. The maximum absolute atomic E-state index is 9.98. The van der Waals surface area contributed by atoms with Crippen LogP contribution in [0, 0.1) is 6.92 Å². The zero-order valence-corrected chi connectivity index (χ0v) is 10.4. The van der Waals surface area contributed by atoms with Crippen LogP contribution >= 0.6 is 0 Å². The first-order valence-corrected chi connectivity index (χ1v) is 6.06. The van der Waals surface area contributed by atoms with E-state index in [2.05, 4.69) is 26.8 Å². The molecule has 0 unspecified atom stereocenters. The molecular weight excluding hydrogens is 196 g/mol. The van der Waals surface area contributed by atoms with Crippen LogP contribution in [0.3, 0.4) is 0 Å². The molecule has 0 aliphatic heterocycles. The Labute approximate surface area is 97.8 Å². The highest BCUT2D eigenvalue weighted by Gasteiger charge is 2.18. The molecule has 0 saturated carbocycles. The number of allylic oxidation sites excluding steroid dienone is 2. The van der Waals surface area contributed by atoms with Gasteiger partial charge in [-0.1, -0.05) is 11.6 Å². The second-order valence-electron chi connectivity index (χ2n) is 4.98. The summed E-state index contributed by atoms with van der Waals surface area (Å²) in [7, 11) is 0. The fourth-order valence-corrected chi connectivity index (χ4v) is 2.52. The van der Waals surface area contributed by atoms with E-state index < -0.39 is 0 Å². The van der Waals surface area contributed by atoms with Crippen LogP contribution in [0.2, 0.25) is 0 Å². The first-order valence-electron chi connectivity index (χ1n) is 6.06. The van der Waals surface area contributed by atoms with Gasteiger partial charge in [0.2, 0.25) is 0 Å². The molecule has 16 heavy (non-hydrogen) atoms. The highest BCUT2D eigenvalue weighted by Crippen LogP contribution is 2.34. The third-order valence-electron chi connectivity index (χ3n) is 3.50. The summed E-state index contributed by atoms with van der Waals surface area (Å²) < 4.78 is 0. The molecule has 1 aromatic rings. The standard InChI is InChI=1S/C15H20O/c1-10(2)7-8-12-9-15(16)14-6-4-5-13(14)11(12)3/h7,9,16H,4-6,8H2,1-3H3. The van der Waals surface area contributed by atoms with Crippen molar-refractivity contribution in [2.45, 2.75) is 46.5 Å². The normalized spacial score (nSPS) is 13.7. The van der Waals surface area contributed by atoms with Gasteiger partial charge in [-0.3, -0.25) is 0 Å². The largest absolute Gasteiger partial charge is 0.508 e. The fraction of sp³-hybridized carbons (Fsp3) is 0.467. The van der Waals surface area contributed by atoms with Gasteiger partial charge in [0, 0.05) is 0 Å². The summed E-state index contributed by atoms with van der Waals surface area (Å²) in [5.41, 5.74) is 6.59. The van der Waals surface area contributed by atoms with Crippen LogP contribution in [0.15, 0.2) is 17.7 Å². The molecule has 0 spiro atoms. The van der Waals surface area contributed by atoms with E-state index in [0.717, 1.165) is 19.3 Å². The lowest BCUT2D eigenvalue weighted by Gasteiger charge is -2.11. The van der Waals surface area contributed by atoms with Crippen LogP contribution < -0.4 is 0 Å². The van der Waals surface area contributed by atoms with E-state index in [1.165, 1.54) is 34.2 Å². The molecule has 0 fully saturated rings. The predicted octanol–water partition coefficient (Wildman–Crippen LogP) is 3.70. The number of phenols is 1. The Morgan fingerprint density at radius 1 is 1.31 bits per heavy atom. The number of phenolic OH excluding ortho intramolecular Hbond substituents is 1. The van der Waals surface area contributed by atoms with Crippen molar-refractivity contribution in [3.05, 3.63) is 40.0 Å². The molecule has 1 aromatic carbocycles. The molecule has 0 heterocycles. The quantitative estimate of drug-likeness (QED) is 0.747. The third kappa shape index (κ3) is 1.99. The number of hydrogen-bond donors (Lipinski definition) is 1. The Balaban J connectivity index is 2.40. The molecule has 0 aromatic heterocycles. The predicted molar refractivity (Wildman–Crippen MR) is 68.0 cm³/mol. The molecule has 0 atom stereocenters. The van der Waals surface area contributed by atoms with Gasteiger partial charge in [0.15, 0.2) is 0 Å². The van der Waals surface area contributed by atoms with Gasteiger partial charge in [-0.25, -0.2) is 0 Å². The number of rotatable bonds is 2. The molecule has 1 aliphatic rings. The Kier molecular flexibility index (Phi) is 3.04. The zero-order chi connectivity index (χ0) is 11.7. The van der Waals surface area contributed by atoms with E-state index in [1.807, 2.05) is 6.07 Å². The molecule has 0 bridgehead atoms. The molecule has 86 valence electrons. The van der Waals surface area contributed by atoms with Gasteiger partial charge in [-0.05, 0) is 74.8 Å². The minimum absolute atomic E-state index is 0.509. The van der Waals surface area contributed by atoms with Crippen molar-refractivity contribution in [1.29, 1.82) is 0 Å².